The van der Waals surface area contributed by atoms with Gasteiger partial charge in [0.2, 0.25) is 5.91 Å². The van der Waals surface area contributed by atoms with Gasteiger partial charge >= 0.3 is 0 Å². The normalized spacial score (nSPS) is 15.9. The van der Waals surface area contributed by atoms with Gasteiger partial charge in [-0.3, -0.25) is 4.79 Å². The van der Waals surface area contributed by atoms with Crippen LogP contribution in [-0.4, -0.2) is 36.3 Å². The molecule has 21 heavy (non-hydrogen) atoms. The van der Waals surface area contributed by atoms with Crippen molar-refractivity contribution in [3.8, 4) is 5.75 Å². The Balaban J connectivity index is 1.71. The van der Waals surface area contributed by atoms with Crippen molar-refractivity contribution in [3.05, 3.63) is 30.0 Å². The van der Waals surface area contributed by atoms with Gasteiger partial charge in [0.05, 0.1) is 20.1 Å². The zero-order valence-corrected chi connectivity index (χ0v) is 12.1. The first kappa shape index (κ1) is 13.9. The number of methoxy groups -OCH3 is 1. The van der Waals surface area contributed by atoms with Gasteiger partial charge in [0.15, 0.2) is 0 Å². The van der Waals surface area contributed by atoms with Gasteiger partial charge in [0.1, 0.15) is 5.75 Å². The molecule has 0 aliphatic heterocycles. The number of H-pyrrole nitrogens is 1. The molecule has 0 atom stereocenters. The van der Waals surface area contributed by atoms with Crippen LogP contribution in [0.2, 0.25) is 0 Å². The lowest BCUT2D eigenvalue weighted by Gasteiger charge is -2.12. The number of amides is 1. The second-order valence-electron chi connectivity index (χ2n) is 5.81. The van der Waals surface area contributed by atoms with Crippen molar-refractivity contribution in [3.63, 3.8) is 0 Å². The van der Waals surface area contributed by atoms with E-state index in [2.05, 4.69) is 10.3 Å². The highest BCUT2D eigenvalue weighted by Gasteiger charge is 2.42. The third-order valence-corrected chi connectivity index (χ3v) is 4.27. The van der Waals surface area contributed by atoms with Crippen LogP contribution in [0.15, 0.2) is 24.4 Å². The lowest BCUT2D eigenvalue weighted by atomic mass is 10.1. The molecule has 0 unspecified atom stereocenters. The zero-order chi connectivity index (χ0) is 14.9. The predicted octanol–water partition coefficient (Wildman–Crippen LogP) is 1.61. The molecule has 1 heterocycles. The second-order valence-corrected chi connectivity index (χ2v) is 5.81. The van der Waals surface area contributed by atoms with Crippen LogP contribution in [0.1, 0.15) is 18.4 Å². The summed E-state index contributed by atoms with van der Waals surface area (Å²) in [6, 6.07) is 5.77. The first-order valence-corrected chi connectivity index (χ1v) is 7.18. The van der Waals surface area contributed by atoms with Gasteiger partial charge in [0.25, 0.3) is 0 Å². The maximum absolute atomic E-state index is 12.1. The van der Waals surface area contributed by atoms with Crippen molar-refractivity contribution >= 4 is 16.8 Å². The van der Waals surface area contributed by atoms with Gasteiger partial charge in [-0.15, -0.1) is 0 Å². The summed E-state index contributed by atoms with van der Waals surface area (Å²) in [5.74, 6) is 0.743. The molecule has 0 saturated heterocycles. The van der Waals surface area contributed by atoms with Crippen LogP contribution in [-0.2, 0) is 11.2 Å². The molecule has 1 aromatic carbocycles. The number of aliphatic hydroxyl groups is 1. The van der Waals surface area contributed by atoms with E-state index in [1.165, 1.54) is 0 Å². The number of carbonyl (C=O) groups is 1. The number of rotatable bonds is 6. The molecule has 5 heteroatoms. The summed E-state index contributed by atoms with van der Waals surface area (Å²) in [5, 5.41) is 13.1. The van der Waals surface area contributed by atoms with Crippen LogP contribution in [0.4, 0.5) is 0 Å². The number of aromatic amines is 1. The first-order valence-electron chi connectivity index (χ1n) is 7.18. The summed E-state index contributed by atoms with van der Waals surface area (Å²) in [6.07, 6.45) is 4.14. The monoisotopic (exact) mass is 288 g/mol. The molecule has 1 fully saturated rings. The van der Waals surface area contributed by atoms with E-state index in [9.17, 15) is 9.90 Å². The van der Waals surface area contributed by atoms with Crippen LogP contribution >= 0.6 is 0 Å². The van der Waals surface area contributed by atoms with Gasteiger partial charge in [-0.25, -0.2) is 0 Å². The minimum Gasteiger partial charge on any atom is -0.496 e. The summed E-state index contributed by atoms with van der Waals surface area (Å²) < 4.78 is 5.36. The fourth-order valence-electron chi connectivity index (χ4n) is 2.62. The van der Waals surface area contributed by atoms with E-state index in [0.29, 0.717) is 13.0 Å². The van der Waals surface area contributed by atoms with Crippen LogP contribution in [0.5, 0.6) is 5.75 Å². The molecule has 3 N–H and O–H groups in total. The fourth-order valence-corrected chi connectivity index (χ4v) is 2.62. The highest BCUT2D eigenvalue weighted by atomic mass is 16.5. The molecule has 1 aromatic heterocycles. The number of aliphatic hydroxyl groups excluding tert-OH is 1. The highest BCUT2D eigenvalue weighted by molar-refractivity contribution is 5.93. The quantitative estimate of drug-likeness (QED) is 0.756. The molecule has 1 aliphatic rings. The summed E-state index contributed by atoms with van der Waals surface area (Å²) in [7, 11) is 1.63. The number of nitrogens with one attached hydrogen (secondary N) is 2. The molecule has 1 amide bonds. The number of hydrogen-bond donors (Lipinski definition) is 3. The van der Waals surface area contributed by atoms with Crippen LogP contribution in [0.25, 0.3) is 10.9 Å². The van der Waals surface area contributed by atoms with Gasteiger partial charge in [-0.1, -0.05) is 6.07 Å². The maximum atomic E-state index is 12.1. The predicted molar refractivity (Wildman–Crippen MR) is 80.3 cm³/mol. The van der Waals surface area contributed by atoms with Crippen molar-refractivity contribution in [1.29, 1.82) is 0 Å². The molecule has 3 rings (SSSR count). The van der Waals surface area contributed by atoms with E-state index in [1.807, 2.05) is 24.4 Å². The third kappa shape index (κ3) is 2.74. The minimum absolute atomic E-state index is 0.0264. The van der Waals surface area contributed by atoms with Crippen LogP contribution < -0.4 is 10.1 Å². The van der Waals surface area contributed by atoms with Gasteiger partial charge < -0.3 is 20.1 Å². The lowest BCUT2D eigenvalue weighted by molar-refractivity contribution is -0.120. The van der Waals surface area contributed by atoms with Crippen LogP contribution in [0.3, 0.4) is 0 Å². The number of carbonyl (C=O) groups excluding carboxylic acids is 1. The second kappa shape index (κ2) is 5.41. The molecular formula is C16H20N2O3. The van der Waals surface area contributed by atoms with Crippen molar-refractivity contribution in [1.82, 2.24) is 10.3 Å². The summed E-state index contributed by atoms with van der Waals surface area (Å²) in [5.41, 5.74) is 1.83. The number of ether oxygens (including phenoxy) is 1. The first-order chi connectivity index (χ1) is 10.2. The zero-order valence-electron chi connectivity index (χ0n) is 12.1. The molecular weight excluding hydrogens is 268 g/mol. The number of benzene rings is 1. The highest BCUT2D eigenvalue weighted by Crippen LogP contribution is 2.44. The summed E-state index contributed by atoms with van der Waals surface area (Å²) in [4.78, 5) is 15.3. The largest absolute Gasteiger partial charge is 0.496 e. The molecule has 112 valence electrons. The Labute approximate surface area is 123 Å². The SMILES string of the molecule is COc1cccc2[nH]cc(CC(=O)NCC3(CO)CC3)c12. The van der Waals surface area contributed by atoms with E-state index >= 15 is 0 Å². The van der Waals surface area contributed by atoms with Crippen molar-refractivity contribution in [2.24, 2.45) is 5.41 Å². The molecule has 2 aromatic rings. The molecule has 1 saturated carbocycles. The Bertz CT molecular complexity index is 659. The Hall–Kier alpha value is -2.01. The Kier molecular flexibility index (Phi) is 3.59. The van der Waals surface area contributed by atoms with E-state index in [1.54, 1.807) is 7.11 Å². The molecule has 0 bridgehead atoms. The summed E-state index contributed by atoms with van der Waals surface area (Å²) in [6.45, 7) is 0.704. The summed E-state index contributed by atoms with van der Waals surface area (Å²) >= 11 is 0. The van der Waals surface area contributed by atoms with Gasteiger partial charge in [0, 0.05) is 29.1 Å². The minimum atomic E-state index is -0.0619. The van der Waals surface area contributed by atoms with Crippen molar-refractivity contribution < 1.29 is 14.6 Å². The topological polar surface area (TPSA) is 74.4 Å². The molecule has 5 nitrogen and oxygen atoms in total. The van der Waals surface area contributed by atoms with Crippen molar-refractivity contribution in [2.75, 3.05) is 20.3 Å². The molecule has 1 aliphatic carbocycles. The lowest BCUT2D eigenvalue weighted by Crippen LogP contribution is -2.32. The standard InChI is InChI=1S/C16H20N2O3/c1-21-13-4-2-3-12-15(13)11(8-17-12)7-14(20)18-9-16(10-19)5-6-16/h2-4,8,17,19H,5-7,9-10H2,1H3,(H,18,20). The van der Waals surface area contributed by atoms with Gasteiger partial charge in [-0.2, -0.15) is 0 Å². The van der Waals surface area contributed by atoms with Crippen molar-refractivity contribution in [2.45, 2.75) is 19.3 Å². The van der Waals surface area contributed by atoms with E-state index in [0.717, 1.165) is 35.1 Å². The third-order valence-electron chi connectivity index (χ3n) is 4.27. The number of fused-ring (bicyclic) bond motifs is 1. The van der Waals surface area contributed by atoms with E-state index in [-0.39, 0.29) is 17.9 Å². The number of hydrogen-bond acceptors (Lipinski definition) is 3. The van der Waals surface area contributed by atoms with Gasteiger partial charge in [-0.05, 0) is 30.5 Å². The average molecular weight is 288 g/mol. The smallest absolute Gasteiger partial charge is 0.224 e. The molecule has 0 spiro atoms. The number of aromatic nitrogens is 1. The van der Waals surface area contributed by atoms with E-state index in [4.69, 9.17) is 4.74 Å². The van der Waals surface area contributed by atoms with Crippen LogP contribution in [0, 0.1) is 5.41 Å². The maximum Gasteiger partial charge on any atom is 0.224 e. The fraction of sp³-hybridized carbons (Fsp3) is 0.438. The molecule has 0 radical (unpaired) electrons. The average Bonchev–Trinajstić information content (AvgIpc) is 3.19. The van der Waals surface area contributed by atoms with E-state index < -0.39 is 0 Å². The Morgan fingerprint density at radius 1 is 1.48 bits per heavy atom. The Morgan fingerprint density at radius 3 is 2.95 bits per heavy atom. The Morgan fingerprint density at radius 2 is 2.29 bits per heavy atom.